The van der Waals surface area contributed by atoms with E-state index in [0.717, 1.165) is 37.9 Å². The van der Waals surface area contributed by atoms with E-state index in [9.17, 15) is 9.18 Å². The fourth-order valence-electron chi connectivity index (χ4n) is 4.59. The molecule has 2 aromatic heterocycles. The number of aromatic amines is 2. The van der Waals surface area contributed by atoms with Gasteiger partial charge in [-0.3, -0.25) is 10.2 Å². The summed E-state index contributed by atoms with van der Waals surface area (Å²) in [6.45, 7) is 0.420. The Morgan fingerprint density at radius 2 is 1.81 bits per heavy atom. The summed E-state index contributed by atoms with van der Waals surface area (Å²) in [5, 5.41) is 12.6. The normalized spacial score (nSPS) is 15.7. The molecule has 1 amide bonds. The van der Waals surface area contributed by atoms with Crippen molar-refractivity contribution in [1.82, 2.24) is 24.6 Å². The number of carbonyl (C=O) groups is 1. The van der Waals surface area contributed by atoms with Crippen molar-refractivity contribution in [1.29, 1.82) is 5.41 Å². The van der Waals surface area contributed by atoms with E-state index in [1.165, 1.54) is 12.1 Å². The van der Waals surface area contributed by atoms with E-state index >= 15 is 0 Å². The number of nitrogens with zero attached hydrogens (tertiary/aromatic N) is 3. The average molecular weight is 561 g/mol. The van der Waals surface area contributed by atoms with Crippen LogP contribution in [0.3, 0.4) is 0 Å². The Hall–Kier alpha value is -4.02. The standard InChI is InChI=1S/C27H22BrFN6O2/c28-18-4-8-20(9-5-18)35-14-21(25(33-35)17-2-6-19(29)7-3-17)26-34(24(36)15-37-26)12-11-16-1-10-22-23(13-16)32-27(30)31-22/h1-10,13-14,26H,11-12,15H2,(H3,30,31,32). The number of halogens is 2. The predicted octanol–water partition coefficient (Wildman–Crippen LogP) is 4.83. The molecule has 1 aliphatic heterocycles. The van der Waals surface area contributed by atoms with Crippen molar-refractivity contribution in [3.8, 4) is 16.9 Å². The molecule has 0 spiro atoms. The van der Waals surface area contributed by atoms with Gasteiger partial charge in [0, 0.05) is 28.3 Å². The van der Waals surface area contributed by atoms with E-state index in [-0.39, 0.29) is 23.9 Å². The van der Waals surface area contributed by atoms with Crippen molar-refractivity contribution >= 4 is 32.9 Å². The van der Waals surface area contributed by atoms with Gasteiger partial charge in [-0.05, 0) is 72.6 Å². The Bertz CT molecular complexity index is 1660. The van der Waals surface area contributed by atoms with Crippen molar-refractivity contribution in [2.24, 2.45) is 0 Å². The number of hydrogen-bond donors (Lipinski definition) is 3. The van der Waals surface area contributed by atoms with Gasteiger partial charge in [-0.1, -0.05) is 22.0 Å². The van der Waals surface area contributed by atoms with Gasteiger partial charge >= 0.3 is 0 Å². The molecule has 1 atom stereocenters. The number of fused-ring (bicyclic) bond motifs is 1. The smallest absolute Gasteiger partial charge is 0.250 e. The summed E-state index contributed by atoms with van der Waals surface area (Å²) in [4.78, 5) is 20.5. The molecule has 5 aromatic rings. The van der Waals surface area contributed by atoms with Crippen LogP contribution in [0.4, 0.5) is 4.39 Å². The molecule has 3 heterocycles. The molecule has 1 aliphatic rings. The summed E-state index contributed by atoms with van der Waals surface area (Å²) >= 11 is 3.46. The van der Waals surface area contributed by atoms with Crippen LogP contribution in [0.1, 0.15) is 17.4 Å². The molecule has 1 unspecified atom stereocenters. The average Bonchev–Trinajstić information content (AvgIpc) is 3.59. The molecule has 0 aliphatic carbocycles. The van der Waals surface area contributed by atoms with Gasteiger partial charge in [-0.15, -0.1) is 0 Å². The Balaban J connectivity index is 1.34. The molecule has 0 bridgehead atoms. The fourth-order valence-corrected chi connectivity index (χ4v) is 4.85. The van der Waals surface area contributed by atoms with E-state index in [0.29, 0.717) is 18.7 Å². The number of rotatable bonds is 6. The van der Waals surface area contributed by atoms with Crippen LogP contribution < -0.4 is 5.62 Å². The van der Waals surface area contributed by atoms with E-state index in [2.05, 4.69) is 25.9 Å². The number of ether oxygens (including phenoxy) is 1. The number of amides is 1. The minimum Gasteiger partial charge on any atom is -0.344 e. The molecule has 10 heteroatoms. The third-order valence-electron chi connectivity index (χ3n) is 6.43. The first-order chi connectivity index (χ1) is 17.9. The van der Waals surface area contributed by atoms with E-state index in [1.54, 1.807) is 21.7 Å². The maximum atomic E-state index is 13.7. The second-order valence-electron chi connectivity index (χ2n) is 8.87. The van der Waals surface area contributed by atoms with Gasteiger partial charge in [-0.25, -0.2) is 9.07 Å². The molecule has 6 rings (SSSR count). The zero-order valence-electron chi connectivity index (χ0n) is 19.5. The third kappa shape index (κ3) is 4.61. The highest BCUT2D eigenvalue weighted by atomic mass is 79.9. The lowest BCUT2D eigenvalue weighted by Crippen LogP contribution is -2.30. The highest BCUT2D eigenvalue weighted by Gasteiger charge is 2.36. The summed E-state index contributed by atoms with van der Waals surface area (Å²) < 4.78 is 22.3. The number of carbonyl (C=O) groups excluding carboxylic acids is 1. The number of H-pyrrole nitrogens is 2. The van der Waals surface area contributed by atoms with Crippen molar-refractivity contribution in [2.75, 3.05) is 13.2 Å². The number of hydrogen-bond acceptors (Lipinski definition) is 4. The second-order valence-corrected chi connectivity index (χ2v) is 9.78. The first-order valence-electron chi connectivity index (χ1n) is 11.7. The Kier molecular flexibility index (Phi) is 5.97. The monoisotopic (exact) mass is 560 g/mol. The number of benzene rings is 3. The van der Waals surface area contributed by atoms with Gasteiger partial charge in [0.05, 0.1) is 16.7 Å². The van der Waals surface area contributed by atoms with Crippen LogP contribution in [-0.2, 0) is 16.0 Å². The highest BCUT2D eigenvalue weighted by molar-refractivity contribution is 9.10. The SMILES string of the molecule is N=c1[nH]c2ccc(CCN3C(=O)COC3c3cn(-c4ccc(Br)cc4)nc3-c3ccc(F)cc3)cc2[nH]1. The Morgan fingerprint density at radius 1 is 1.05 bits per heavy atom. The zero-order valence-corrected chi connectivity index (χ0v) is 21.1. The molecule has 3 aromatic carbocycles. The van der Waals surface area contributed by atoms with Gasteiger partial charge < -0.3 is 19.6 Å². The fraction of sp³-hybridized carbons (Fsp3) is 0.148. The maximum absolute atomic E-state index is 13.7. The van der Waals surface area contributed by atoms with Crippen molar-refractivity contribution in [3.05, 3.63) is 100.0 Å². The first-order valence-corrected chi connectivity index (χ1v) is 12.5. The summed E-state index contributed by atoms with van der Waals surface area (Å²) in [7, 11) is 0. The van der Waals surface area contributed by atoms with Gasteiger partial charge in [0.25, 0.3) is 5.91 Å². The summed E-state index contributed by atoms with van der Waals surface area (Å²) in [5.74, 6) is -0.435. The largest absolute Gasteiger partial charge is 0.344 e. The maximum Gasteiger partial charge on any atom is 0.250 e. The topological polar surface area (TPSA) is 103 Å². The van der Waals surface area contributed by atoms with Crippen LogP contribution in [0.2, 0.25) is 0 Å². The molecular weight excluding hydrogens is 539 g/mol. The van der Waals surface area contributed by atoms with Crippen LogP contribution in [0.5, 0.6) is 0 Å². The molecule has 0 radical (unpaired) electrons. The number of nitrogens with one attached hydrogen (secondary N) is 3. The van der Waals surface area contributed by atoms with Crippen molar-refractivity contribution < 1.29 is 13.9 Å². The summed E-state index contributed by atoms with van der Waals surface area (Å²) in [6.07, 6.45) is 1.86. The highest BCUT2D eigenvalue weighted by Crippen LogP contribution is 2.35. The quantitative estimate of drug-likeness (QED) is 0.277. The lowest BCUT2D eigenvalue weighted by Gasteiger charge is -2.23. The van der Waals surface area contributed by atoms with Gasteiger partial charge in [0.1, 0.15) is 18.1 Å². The Morgan fingerprint density at radius 3 is 2.59 bits per heavy atom. The predicted molar refractivity (Wildman–Crippen MR) is 139 cm³/mol. The molecule has 1 saturated heterocycles. The molecule has 3 N–H and O–H groups in total. The lowest BCUT2D eigenvalue weighted by molar-refractivity contribution is -0.128. The number of aromatic nitrogens is 4. The molecule has 186 valence electrons. The lowest BCUT2D eigenvalue weighted by atomic mass is 10.1. The minimum atomic E-state index is -0.626. The van der Waals surface area contributed by atoms with Crippen LogP contribution >= 0.6 is 15.9 Å². The minimum absolute atomic E-state index is 0.0240. The van der Waals surface area contributed by atoms with Crippen molar-refractivity contribution in [3.63, 3.8) is 0 Å². The Labute approximate surface area is 219 Å². The molecule has 1 fully saturated rings. The summed E-state index contributed by atoms with van der Waals surface area (Å²) in [5.41, 5.74) is 5.91. The van der Waals surface area contributed by atoms with Crippen LogP contribution in [-0.4, -0.2) is 43.7 Å². The second kappa shape index (κ2) is 9.45. The van der Waals surface area contributed by atoms with Gasteiger partial charge in [0.15, 0.2) is 11.8 Å². The van der Waals surface area contributed by atoms with Crippen LogP contribution in [0.15, 0.2) is 77.4 Å². The zero-order chi connectivity index (χ0) is 25.5. The third-order valence-corrected chi connectivity index (χ3v) is 6.96. The van der Waals surface area contributed by atoms with Crippen molar-refractivity contribution in [2.45, 2.75) is 12.6 Å². The summed E-state index contributed by atoms with van der Waals surface area (Å²) in [6, 6.07) is 19.8. The molecule has 8 nitrogen and oxygen atoms in total. The van der Waals surface area contributed by atoms with E-state index in [1.807, 2.05) is 48.7 Å². The first kappa shape index (κ1) is 23.4. The van der Waals surface area contributed by atoms with Gasteiger partial charge in [-0.2, -0.15) is 5.10 Å². The molecule has 37 heavy (non-hydrogen) atoms. The van der Waals surface area contributed by atoms with Gasteiger partial charge in [0.2, 0.25) is 0 Å². The van der Waals surface area contributed by atoms with Crippen LogP contribution in [0.25, 0.3) is 28.0 Å². The number of imidazole rings is 1. The van der Waals surface area contributed by atoms with E-state index in [4.69, 9.17) is 15.2 Å². The molecule has 0 saturated carbocycles. The van der Waals surface area contributed by atoms with Crippen LogP contribution in [0, 0.1) is 11.2 Å². The molecular formula is C27H22BrFN6O2. The van der Waals surface area contributed by atoms with E-state index < -0.39 is 6.23 Å².